The topological polar surface area (TPSA) is 121 Å². The second-order valence-electron chi connectivity index (χ2n) is 9.58. The number of carbonyl (C=O) groups excluding carboxylic acids is 2. The lowest BCUT2D eigenvalue weighted by Gasteiger charge is -2.42. The summed E-state index contributed by atoms with van der Waals surface area (Å²) in [5.74, 6) is -0.198. The van der Waals surface area contributed by atoms with Crippen LogP contribution in [-0.2, 0) is 20.9 Å². The maximum absolute atomic E-state index is 13.4. The van der Waals surface area contributed by atoms with Gasteiger partial charge in [-0.15, -0.1) is 10.2 Å². The number of ether oxygens (including phenoxy) is 1. The van der Waals surface area contributed by atoms with E-state index in [9.17, 15) is 9.59 Å². The molecule has 1 heterocycles. The van der Waals surface area contributed by atoms with E-state index in [1.165, 1.54) is 0 Å². The van der Waals surface area contributed by atoms with Crippen LogP contribution < -0.4 is 0 Å². The van der Waals surface area contributed by atoms with Gasteiger partial charge in [-0.1, -0.05) is 75.7 Å². The summed E-state index contributed by atoms with van der Waals surface area (Å²) < 4.78 is 5.50. The molecule has 0 fully saturated rings. The number of esters is 1. The molecule has 3 aromatic rings. The van der Waals surface area contributed by atoms with Crippen molar-refractivity contribution in [1.29, 1.82) is 0 Å². The highest BCUT2D eigenvalue weighted by atomic mass is 16.5. The molecule has 0 radical (unpaired) electrons. The van der Waals surface area contributed by atoms with Crippen LogP contribution in [0.15, 0.2) is 48.5 Å². The second kappa shape index (κ2) is 13.1. The molecule has 9 nitrogen and oxygen atoms in total. The van der Waals surface area contributed by atoms with Gasteiger partial charge in [0.25, 0.3) is 0 Å². The van der Waals surface area contributed by atoms with Crippen molar-refractivity contribution in [3.63, 3.8) is 0 Å². The van der Waals surface area contributed by atoms with Crippen molar-refractivity contribution in [3.8, 4) is 22.5 Å². The molecule has 2 aromatic carbocycles. The zero-order chi connectivity index (χ0) is 26.8. The number of tetrazole rings is 1. The van der Waals surface area contributed by atoms with Crippen molar-refractivity contribution in [2.75, 3.05) is 13.2 Å². The number of benzene rings is 2. The molecule has 0 spiro atoms. The van der Waals surface area contributed by atoms with E-state index in [0.29, 0.717) is 18.7 Å². The van der Waals surface area contributed by atoms with Crippen molar-refractivity contribution in [1.82, 2.24) is 25.5 Å². The van der Waals surface area contributed by atoms with Crippen LogP contribution in [0.25, 0.3) is 22.5 Å². The van der Waals surface area contributed by atoms with Gasteiger partial charge < -0.3 is 14.7 Å². The highest BCUT2D eigenvalue weighted by molar-refractivity contribution is 5.88. The van der Waals surface area contributed by atoms with E-state index in [1.807, 2.05) is 69.3 Å². The number of carbonyl (C=O) groups is 2. The van der Waals surface area contributed by atoms with Crippen molar-refractivity contribution >= 4 is 11.9 Å². The molecule has 198 valence electrons. The molecule has 0 saturated carbocycles. The van der Waals surface area contributed by atoms with Gasteiger partial charge in [0.15, 0.2) is 0 Å². The lowest BCUT2D eigenvalue weighted by Crippen LogP contribution is -2.58. The van der Waals surface area contributed by atoms with E-state index in [0.717, 1.165) is 35.1 Å². The highest BCUT2D eigenvalue weighted by Gasteiger charge is 2.46. The van der Waals surface area contributed by atoms with E-state index in [4.69, 9.17) is 9.84 Å². The fourth-order valence-corrected chi connectivity index (χ4v) is 4.19. The van der Waals surface area contributed by atoms with E-state index < -0.39 is 11.5 Å². The Kier molecular flexibility index (Phi) is 9.91. The Hall–Kier alpha value is -3.59. The number of unbranched alkanes of at least 4 members (excludes halogenated alkanes) is 1. The van der Waals surface area contributed by atoms with Crippen LogP contribution >= 0.6 is 0 Å². The molecule has 37 heavy (non-hydrogen) atoms. The largest absolute Gasteiger partial charge is 0.464 e. The van der Waals surface area contributed by atoms with Gasteiger partial charge in [-0.3, -0.25) is 4.79 Å². The summed E-state index contributed by atoms with van der Waals surface area (Å²) in [4.78, 5) is 28.3. The fourth-order valence-electron chi connectivity index (χ4n) is 4.19. The van der Waals surface area contributed by atoms with Crippen molar-refractivity contribution in [2.45, 2.75) is 65.5 Å². The predicted octanol–water partition coefficient (Wildman–Crippen LogP) is 4.39. The Balaban J connectivity index is 1.91. The van der Waals surface area contributed by atoms with E-state index in [-0.39, 0.29) is 31.6 Å². The van der Waals surface area contributed by atoms with Crippen LogP contribution in [-0.4, -0.2) is 61.3 Å². The van der Waals surface area contributed by atoms with Crippen LogP contribution in [0.3, 0.4) is 0 Å². The van der Waals surface area contributed by atoms with Crippen molar-refractivity contribution in [2.24, 2.45) is 5.92 Å². The molecule has 0 unspecified atom stereocenters. The number of aromatic amines is 1. The molecule has 1 atom stereocenters. The fraction of sp³-hybridized carbons (Fsp3) is 0.464. The van der Waals surface area contributed by atoms with E-state index in [1.54, 1.807) is 11.8 Å². The monoisotopic (exact) mass is 507 g/mol. The summed E-state index contributed by atoms with van der Waals surface area (Å²) in [6.45, 7) is 7.98. The Morgan fingerprint density at radius 1 is 1.08 bits per heavy atom. The minimum atomic E-state index is -1.15. The van der Waals surface area contributed by atoms with Crippen molar-refractivity contribution < 1.29 is 19.4 Å². The highest BCUT2D eigenvalue weighted by Crippen LogP contribution is 2.32. The summed E-state index contributed by atoms with van der Waals surface area (Å²) in [5, 5.41) is 23.5. The van der Waals surface area contributed by atoms with Crippen LogP contribution in [0.5, 0.6) is 0 Å². The lowest BCUT2D eigenvalue weighted by atomic mass is 9.85. The first-order valence-corrected chi connectivity index (χ1v) is 12.8. The predicted molar refractivity (Wildman–Crippen MR) is 141 cm³/mol. The third-order valence-corrected chi connectivity index (χ3v) is 6.80. The normalized spacial score (nSPS) is 12.8. The SMILES string of the molecule is CCCCC(=O)N(Cc1ccc(-c2ccccc2-c2nn[nH]n2)cc1)[C@](C)(C(=O)OCCCO)C(C)C. The average molecular weight is 508 g/mol. The van der Waals surface area contributed by atoms with Crippen LogP contribution in [0.2, 0.25) is 0 Å². The maximum atomic E-state index is 13.4. The minimum Gasteiger partial charge on any atom is -0.464 e. The summed E-state index contributed by atoms with van der Waals surface area (Å²) in [6.07, 6.45) is 2.34. The van der Waals surface area contributed by atoms with Gasteiger partial charge in [-0.25, -0.2) is 4.79 Å². The number of nitrogens with zero attached hydrogens (tertiary/aromatic N) is 4. The minimum absolute atomic E-state index is 0.0625. The first-order chi connectivity index (χ1) is 17.8. The summed E-state index contributed by atoms with van der Waals surface area (Å²) in [7, 11) is 0. The number of aromatic nitrogens is 4. The first kappa shape index (κ1) is 28.0. The van der Waals surface area contributed by atoms with Gasteiger partial charge >= 0.3 is 5.97 Å². The molecule has 3 rings (SSSR count). The smallest absolute Gasteiger partial charge is 0.332 e. The maximum Gasteiger partial charge on any atom is 0.332 e. The zero-order valence-electron chi connectivity index (χ0n) is 22.1. The number of rotatable bonds is 13. The quantitative estimate of drug-likeness (QED) is 0.260. The molecular weight excluding hydrogens is 470 g/mol. The molecule has 1 aromatic heterocycles. The Morgan fingerprint density at radius 3 is 2.38 bits per heavy atom. The molecule has 1 amide bonds. The Bertz CT molecular complexity index is 1150. The molecule has 0 aliphatic heterocycles. The van der Waals surface area contributed by atoms with Gasteiger partial charge in [0.1, 0.15) is 5.54 Å². The summed E-state index contributed by atoms with van der Waals surface area (Å²) in [5.41, 5.74) is 2.55. The van der Waals surface area contributed by atoms with Crippen LogP contribution in [0.4, 0.5) is 0 Å². The number of hydrogen-bond donors (Lipinski definition) is 2. The molecule has 0 aliphatic carbocycles. The van der Waals surface area contributed by atoms with Gasteiger partial charge in [0, 0.05) is 31.6 Å². The number of amides is 1. The van der Waals surface area contributed by atoms with E-state index in [2.05, 4.69) is 20.6 Å². The summed E-state index contributed by atoms with van der Waals surface area (Å²) in [6, 6.07) is 15.8. The third kappa shape index (κ3) is 6.60. The first-order valence-electron chi connectivity index (χ1n) is 12.8. The van der Waals surface area contributed by atoms with Crippen LogP contribution in [0.1, 0.15) is 58.9 Å². The van der Waals surface area contributed by atoms with Gasteiger partial charge in [0.05, 0.1) is 6.61 Å². The number of hydrogen-bond acceptors (Lipinski definition) is 7. The van der Waals surface area contributed by atoms with Crippen molar-refractivity contribution in [3.05, 3.63) is 54.1 Å². The van der Waals surface area contributed by atoms with Crippen LogP contribution in [0, 0.1) is 5.92 Å². The van der Waals surface area contributed by atoms with Gasteiger partial charge in [0.2, 0.25) is 11.7 Å². The Labute approximate surface area is 218 Å². The number of H-pyrrole nitrogens is 1. The van der Waals surface area contributed by atoms with Gasteiger partial charge in [-0.2, -0.15) is 5.21 Å². The number of aliphatic hydroxyl groups is 1. The molecule has 0 saturated heterocycles. The average Bonchev–Trinajstić information content (AvgIpc) is 3.45. The lowest BCUT2D eigenvalue weighted by molar-refractivity contribution is -0.168. The standard InChI is InChI=1S/C28H37N5O4/c1-5-6-12-25(35)33(28(4,20(2)3)27(36)37-18-9-17-34)19-21-13-15-22(16-14-21)23-10-7-8-11-24(23)26-29-31-32-30-26/h7-8,10-11,13-16,20,34H,5-6,9,12,17-19H2,1-4H3,(H,29,30,31,32)/t28-/m0/s1. The molecule has 0 bridgehead atoms. The van der Waals surface area contributed by atoms with E-state index >= 15 is 0 Å². The molecular formula is C28H37N5O4. The van der Waals surface area contributed by atoms with Gasteiger partial charge in [-0.05, 0) is 41.2 Å². The molecule has 0 aliphatic rings. The second-order valence-corrected chi connectivity index (χ2v) is 9.58. The Morgan fingerprint density at radius 2 is 1.78 bits per heavy atom. The molecule has 2 N–H and O–H groups in total. The summed E-state index contributed by atoms with van der Waals surface area (Å²) >= 11 is 0. The molecule has 9 heteroatoms. The zero-order valence-corrected chi connectivity index (χ0v) is 22.1. The third-order valence-electron chi connectivity index (χ3n) is 6.80. The number of nitrogens with one attached hydrogen (secondary N) is 1. The number of aliphatic hydroxyl groups excluding tert-OH is 1.